The summed E-state index contributed by atoms with van der Waals surface area (Å²) in [6.07, 6.45) is -0.115. The van der Waals surface area contributed by atoms with Gasteiger partial charge in [-0.05, 0) is 29.8 Å². The quantitative estimate of drug-likeness (QED) is 0.609. The first-order valence-electron chi connectivity index (χ1n) is 11.0. The Morgan fingerprint density at radius 2 is 1.61 bits per heavy atom. The second-order valence-electron chi connectivity index (χ2n) is 8.09. The summed E-state index contributed by atoms with van der Waals surface area (Å²) >= 11 is 0. The number of fused-ring (bicyclic) bond motifs is 1. The van der Waals surface area contributed by atoms with Crippen LogP contribution in [0.3, 0.4) is 0 Å². The standard InChI is InChI=1S/C24H25N5O4/c1-32-19-9-7-18(8-10-19)23(30)27-11-13-28(14-12-27)24(31)22-20-16-33-21(15-29(20)26-25-22)17-5-3-2-4-6-17/h2-10,21H,11-16H2,1H3. The molecule has 1 aromatic heterocycles. The molecule has 170 valence electrons. The fourth-order valence-electron chi connectivity index (χ4n) is 4.23. The summed E-state index contributed by atoms with van der Waals surface area (Å²) in [5.41, 5.74) is 2.71. The summed E-state index contributed by atoms with van der Waals surface area (Å²) in [6, 6.07) is 17.0. The Kier molecular flexibility index (Phi) is 5.78. The van der Waals surface area contributed by atoms with E-state index in [1.165, 1.54) is 0 Å². The van der Waals surface area contributed by atoms with Crippen molar-refractivity contribution in [3.63, 3.8) is 0 Å². The Balaban J connectivity index is 1.21. The molecule has 2 aliphatic rings. The number of aromatic nitrogens is 3. The molecule has 0 spiro atoms. The predicted octanol–water partition coefficient (Wildman–Crippen LogP) is 2.16. The summed E-state index contributed by atoms with van der Waals surface area (Å²) in [5.74, 6) is 0.485. The van der Waals surface area contributed by atoms with Gasteiger partial charge in [0.05, 0.1) is 26.0 Å². The lowest BCUT2D eigenvalue weighted by Crippen LogP contribution is -2.50. The van der Waals surface area contributed by atoms with E-state index in [1.807, 2.05) is 30.3 Å². The maximum Gasteiger partial charge on any atom is 0.276 e. The normalized spacial score (nSPS) is 18.0. The highest BCUT2D eigenvalue weighted by atomic mass is 16.5. The highest BCUT2D eigenvalue weighted by Gasteiger charge is 2.32. The number of ether oxygens (including phenoxy) is 2. The fraction of sp³-hybridized carbons (Fsp3) is 0.333. The molecule has 0 bridgehead atoms. The number of rotatable bonds is 4. The van der Waals surface area contributed by atoms with Crippen molar-refractivity contribution in [2.75, 3.05) is 33.3 Å². The third-order valence-electron chi connectivity index (χ3n) is 6.16. The summed E-state index contributed by atoms with van der Waals surface area (Å²) in [6.45, 7) is 2.62. The fourth-order valence-corrected chi connectivity index (χ4v) is 4.23. The monoisotopic (exact) mass is 447 g/mol. The number of hydrogen-bond acceptors (Lipinski definition) is 6. The molecule has 5 rings (SSSR count). The van der Waals surface area contributed by atoms with E-state index in [-0.39, 0.29) is 24.5 Å². The number of piperazine rings is 1. The van der Waals surface area contributed by atoms with Gasteiger partial charge in [-0.2, -0.15) is 0 Å². The summed E-state index contributed by atoms with van der Waals surface area (Å²) in [5, 5.41) is 8.38. The van der Waals surface area contributed by atoms with Gasteiger partial charge in [-0.15, -0.1) is 5.10 Å². The van der Waals surface area contributed by atoms with Gasteiger partial charge >= 0.3 is 0 Å². The average Bonchev–Trinajstić information content (AvgIpc) is 3.32. The van der Waals surface area contributed by atoms with Crippen molar-refractivity contribution >= 4 is 11.8 Å². The Hall–Kier alpha value is -3.72. The van der Waals surface area contributed by atoms with Crippen LogP contribution in [0.15, 0.2) is 54.6 Å². The third-order valence-corrected chi connectivity index (χ3v) is 6.16. The Labute approximate surface area is 191 Å². The van der Waals surface area contributed by atoms with Crippen LogP contribution in [0.5, 0.6) is 5.75 Å². The molecule has 1 atom stereocenters. The van der Waals surface area contributed by atoms with Crippen molar-refractivity contribution in [3.8, 4) is 5.75 Å². The number of methoxy groups -OCH3 is 1. The van der Waals surface area contributed by atoms with E-state index in [1.54, 1.807) is 45.9 Å². The number of hydrogen-bond donors (Lipinski definition) is 0. The van der Waals surface area contributed by atoms with Gasteiger partial charge in [0.1, 0.15) is 11.9 Å². The lowest BCUT2D eigenvalue weighted by Gasteiger charge is -2.34. The van der Waals surface area contributed by atoms with E-state index >= 15 is 0 Å². The molecular weight excluding hydrogens is 422 g/mol. The Morgan fingerprint density at radius 3 is 2.27 bits per heavy atom. The maximum atomic E-state index is 13.1. The van der Waals surface area contributed by atoms with Crippen molar-refractivity contribution in [1.29, 1.82) is 0 Å². The lowest BCUT2D eigenvalue weighted by molar-refractivity contribution is -0.00202. The highest BCUT2D eigenvalue weighted by Crippen LogP contribution is 2.27. The molecule has 33 heavy (non-hydrogen) atoms. The van der Waals surface area contributed by atoms with Crippen LogP contribution in [0.1, 0.15) is 38.2 Å². The van der Waals surface area contributed by atoms with Gasteiger partial charge in [0, 0.05) is 31.7 Å². The Morgan fingerprint density at radius 1 is 0.939 bits per heavy atom. The SMILES string of the molecule is COc1ccc(C(=O)N2CCN(C(=O)c3nnn4c3COC(c3ccccc3)C4)CC2)cc1. The zero-order chi connectivity index (χ0) is 22.8. The number of amides is 2. The second-order valence-corrected chi connectivity index (χ2v) is 8.09. The zero-order valence-corrected chi connectivity index (χ0v) is 18.4. The van der Waals surface area contributed by atoms with Gasteiger partial charge in [0.25, 0.3) is 11.8 Å². The number of nitrogens with zero attached hydrogens (tertiary/aromatic N) is 5. The van der Waals surface area contributed by atoms with Crippen LogP contribution in [0.2, 0.25) is 0 Å². The molecule has 2 aromatic carbocycles. The minimum Gasteiger partial charge on any atom is -0.497 e. The second kappa shape index (κ2) is 9.03. The van der Waals surface area contributed by atoms with Crippen LogP contribution in [-0.4, -0.2) is 69.9 Å². The van der Waals surface area contributed by atoms with Crippen molar-refractivity contribution in [2.45, 2.75) is 19.3 Å². The van der Waals surface area contributed by atoms with Crippen LogP contribution in [0.4, 0.5) is 0 Å². The van der Waals surface area contributed by atoms with Crippen molar-refractivity contribution in [2.24, 2.45) is 0 Å². The van der Waals surface area contributed by atoms with Crippen LogP contribution in [0, 0.1) is 0 Å². The van der Waals surface area contributed by atoms with E-state index in [0.717, 1.165) is 5.56 Å². The van der Waals surface area contributed by atoms with E-state index < -0.39 is 0 Å². The predicted molar refractivity (Wildman–Crippen MR) is 119 cm³/mol. The first-order valence-corrected chi connectivity index (χ1v) is 11.0. The molecule has 0 radical (unpaired) electrons. The highest BCUT2D eigenvalue weighted by molar-refractivity contribution is 5.95. The smallest absolute Gasteiger partial charge is 0.276 e. The molecule has 3 aromatic rings. The molecule has 0 aliphatic carbocycles. The topological polar surface area (TPSA) is 89.8 Å². The molecule has 2 aliphatic heterocycles. The third kappa shape index (κ3) is 4.19. The average molecular weight is 447 g/mol. The van der Waals surface area contributed by atoms with Crippen LogP contribution >= 0.6 is 0 Å². The Bertz CT molecular complexity index is 1140. The molecule has 1 fully saturated rings. The molecule has 1 unspecified atom stereocenters. The van der Waals surface area contributed by atoms with Gasteiger partial charge in [-0.25, -0.2) is 4.68 Å². The summed E-state index contributed by atoms with van der Waals surface area (Å²) in [4.78, 5) is 29.4. The maximum absolute atomic E-state index is 13.1. The zero-order valence-electron chi connectivity index (χ0n) is 18.4. The summed E-state index contributed by atoms with van der Waals surface area (Å²) in [7, 11) is 1.59. The molecule has 2 amide bonds. The van der Waals surface area contributed by atoms with E-state index in [0.29, 0.717) is 55.4 Å². The molecule has 9 heteroatoms. The van der Waals surface area contributed by atoms with Crippen molar-refractivity contribution in [3.05, 3.63) is 77.1 Å². The molecule has 0 N–H and O–H groups in total. The minimum atomic E-state index is -0.172. The van der Waals surface area contributed by atoms with E-state index in [2.05, 4.69) is 10.3 Å². The van der Waals surface area contributed by atoms with Gasteiger partial charge in [-0.3, -0.25) is 9.59 Å². The van der Waals surface area contributed by atoms with Crippen LogP contribution < -0.4 is 4.74 Å². The van der Waals surface area contributed by atoms with Gasteiger partial charge in [0.15, 0.2) is 5.69 Å². The number of benzene rings is 2. The van der Waals surface area contributed by atoms with Crippen LogP contribution in [-0.2, 0) is 17.9 Å². The molecular formula is C24H25N5O4. The number of carbonyl (C=O) groups excluding carboxylic acids is 2. The van der Waals surface area contributed by atoms with Crippen molar-refractivity contribution in [1.82, 2.24) is 24.8 Å². The van der Waals surface area contributed by atoms with Gasteiger partial charge < -0.3 is 19.3 Å². The largest absolute Gasteiger partial charge is 0.497 e. The van der Waals surface area contributed by atoms with Gasteiger partial charge in [0.2, 0.25) is 0 Å². The molecule has 9 nitrogen and oxygen atoms in total. The first-order chi connectivity index (χ1) is 16.1. The minimum absolute atomic E-state index is 0.0499. The summed E-state index contributed by atoms with van der Waals surface area (Å²) < 4.78 is 12.9. The number of carbonyl (C=O) groups is 2. The van der Waals surface area contributed by atoms with E-state index in [9.17, 15) is 9.59 Å². The first kappa shape index (κ1) is 21.1. The van der Waals surface area contributed by atoms with E-state index in [4.69, 9.17) is 9.47 Å². The lowest BCUT2D eigenvalue weighted by atomic mass is 10.1. The van der Waals surface area contributed by atoms with Gasteiger partial charge in [-0.1, -0.05) is 35.5 Å². The van der Waals surface area contributed by atoms with Crippen LogP contribution in [0.25, 0.3) is 0 Å². The van der Waals surface area contributed by atoms with Crippen molar-refractivity contribution < 1.29 is 19.1 Å². The molecule has 1 saturated heterocycles. The molecule has 0 saturated carbocycles. The molecule has 3 heterocycles.